The Hall–Kier alpha value is -3.23. The molecule has 2 amide bonds. The van der Waals surface area contributed by atoms with Gasteiger partial charge in [0.2, 0.25) is 11.8 Å². The van der Waals surface area contributed by atoms with E-state index in [4.69, 9.17) is 4.98 Å². The minimum atomic E-state index is -0.371. The third-order valence-electron chi connectivity index (χ3n) is 4.44. The van der Waals surface area contributed by atoms with Gasteiger partial charge in [0.1, 0.15) is 5.03 Å². The summed E-state index contributed by atoms with van der Waals surface area (Å²) in [6.45, 7) is 3.31. The van der Waals surface area contributed by atoms with Crippen molar-refractivity contribution in [2.75, 3.05) is 10.6 Å². The number of thiophene rings is 1. The van der Waals surface area contributed by atoms with Crippen LogP contribution in [-0.4, -0.2) is 27.0 Å². The first-order chi connectivity index (χ1) is 15.0. The van der Waals surface area contributed by atoms with Crippen molar-refractivity contribution >= 4 is 57.2 Å². The van der Waals surface area contributed by atoms with Crippen LogP contribution in [0.1, 0.15) is 13.8 Å². The average Bonchev–Trinajstić information content (AvgIpc) is 3.29. The van der Waals surface area contributed by atoms with Crippen LogP contribution in [0.4, 0.5) is 11.4 Å². The Morgan fingerprint density at radius 1 is 0.935 bits per heavy atom. The van der Waals surface area contributed by atoms with E-state index in [1.807, 2.05) is 48.7 Å². The molecule has 2 aromatic carbocycles. The summed E-state index contributed by atoms with van der Waals surface area (Å²) in [6, 6.07) is 18.8. The van der Waals surface area contributed by atoms with Crippen molar-refractivity contribution in [3.05, 3.63) is 66.0 Å². The van der Waals surface area contributed by atoms with Crippen LogP contribution in [0.3, 0.4) is 0 Å². The molecule has 4 aromatic rings. The third-order valence-corrected chi connectivity index (χ3v) is 6.41. The van der Waals surface area contributed by atoms with Crippen LogP contribution in [0.2, 0.25) is 0 Å². The summed E-state index contributed by atoms with van der Waals surface area (Å²) >= 11 is 2.99. The lowest BCUT2D eigenvalue weighted by Crippen LogP contribution is -2.22. The lowest BCUT2D eigenvalue weighted by Gasteiger charge is -2.14. The van der Waals surface area contributed by atoms with E-state index in [0.29, 0.717) is 17.2 Å². The second kappa shape index (κ2) is 9.28. The summed E-state index contributed by atoms with van der Waals surface area (Å²) < 4.78 is 0. The monoisotopic (exact) mass is 448 g/mol. The number of carbonyl (C=O) groups excluding carboxylic acids is 2. The van der Waals surface area contributed by atoms with Crippen LogP contribution >= 0.6 is 23.1 Å². The van der Waals surface area contributed by atoms with Gasteiger partial charge in [-0.2, -0.15) is 0 Å². The van der Waals surface area contributed by atoms with Crippen molar-refractivity contribution in [2.45, 2.75) is 24.1 Å². The molecule has 0 bridgehead atoms. The minimum Gasteiger partial charge on any atom is -0.326 e. The third kappa shape index (κ3) is 5.10. The lowest BCUT2D eigenvalue weighted by atomic mass is 10.2. The Morgan fingerprint density at radius 2 is 1.65 bits per heavy atom. The zero-order valence-corrected chi connectivity index (χ0v) is 18.6. The molecule has 6 nitrogen and oxygen atoms in total. The van der Waals surface area contributed by atoms with Gasteiger partial charge in [0.05, 0.1) is 15.6 Å². The van der Waals surface area contributed by atoms with Gasteiger partial charge in [-0.05, 0) is 48.7 Å². The zero-order chi connectivity index (χ0) is 21.8. The first-order valence-electron chi connectivity index (χ1n) is 9.65. The summed E-state index contributed by atoms with van der Waals surface area (Å²) in [6.07, 6.45) is 0. The van der Waals surface area contributed by atoms with E-state index in [-0.39, 0.29) is 17.1 Å². The molecule has 31 heavy (non-hydrogen) atoms. The molecule has 2 aromatic heterocycles. The highest BCUT2D eigenvalue weighted by Crippen LogP contribution is 2.32. The summed E-state index contributed by atoms with van der Waals surface area (Å²) in [4.78, 5) is 34.3. The largest absolute Gasteiger partial charge is 0.326 e. The number of benzene rings is 2. The van der Waals surface area contributed by atoms with Crippen LogP contribution < -0.4 is 10.6 Å². The van der Waals surface area contributed by atoms with Gasteiger partial charge in [-0.15, -0.1) is 11.3 Å². The van der Waals surface area contributed by atoms with Crippen molar-refractivity contribution in [3.8, 4) is 10.7 Å². The molecule has 0 spiro atoms. The van der Waals surface area contributed by atoms with Gasteiger partial charge in [0.25, 0.3) is 0 Å². The first kappa shape index (κ1) is 21.0. The highest BCUT2D eigenvalue weighted by atomic mass is 32.2. The molecule has 1 atom stereocenters. The Labute approximate surface area is 188 Å². The Kier molecular flexibility index (Phi) is 6.29. The smallest absolute Gasteiger partial charge is 0.237 e. The summed E-state index contributed by atoms with van der Waals surface area (Å²) in [5, 5.41) is 8.95. The van der Waals surface area contributed by atoms with E-state index in [2.05, 4.69) is 15.6 Å². The SMILES string of the molecule is CC(=O)Nc1ccc(NC(=O)[C@@H](C)Sc2nc(-c3cccs3)nc3ccccc23)cc1. The number of nitrogens with zero attached hydrogens (tertiary/aromatic N) is 2. The number of amides is 2. The first-order valence-corrected chi connectivity index (χ1v) is 11.4. The van der Waals surface area contributed by atoms with Crippen LogP contribution in [0.15, 0.2) is 71.1 Å². The van der Waals surface area contributed by atoms with Gasteiger partial charge in [-0.1, -0.05) is 36.0 Å². The number of thioether (sulfide) groups is 1. The topological polar surface area (TPSA) is 84.0 Å². The zero-order valence-electron chi connectivity index (χ0n) is 17.0. The number of carbonyl (C=O) groups is 2. The average molecular weight is 449 g/mol. The van der Waals surface area contributed by atoms with E-state index in [9.17, 15) is 9.59 Å². The highest BCUT2D eigenvalue weighted by molar-refractivity contribution is 8.00. The van der Waals surface area contributed by atoms with Crippen molar-refractivity contribution in [1.29, 1.82) is 0 Å². The summed E-state index contributed by atoms with van der Waals surface area (Å²) in [7, 11) is 0. The van der Waals surface area contributed by atoms with Crippen molar-refractivity contribution < 1.29 is 9.59 Å². The fraction of sp³-hybridized carbons (Fsp3) is 0.130. The molecule has 156 valence electrons. The molecule has 8 heteroatoms. The Morgan fingerprint density at radius 3 is 2.32 bits per heavy atom. The second-order valence-corrected chi connectivity index (χ2v) is 9.13. The molecule has 0 fully saturated rings. The maximum absolute atomic E-state index is 12.8. The molecule has 2 heterocycles. The van der Waals surface area contributed by atoms with E-state index in [1.54, 1.807) is 35.6 Å². The molecule has 4 rings (SSSR count). The van der Waals surface area contributed by atoms with Crippen LogP contribution in [-0.2, 0) is 9.59 Å². The van der Waals surface area contributed by atoms with Gasteiger partial charge >= 0.3 is 0 Å². The Bertz CT molecular complexity index is 1220. The van der Waals surface area contributed by atoms with E-state index in [1.165, 1.54) is 18.7 Å². The number of rotatable bonds is 6. The van der Waals surface area contributed by atoms with E-state index >= 15 is 0 Å². The van der Waals surface area contributed by atoms with Crippen molar-refractivity contribution in [3.63, 3.8) is 0 Å². The maximum Gasteiger partial charge on any atom is 0.237 e. The number of anilines is 2. The predicted molar refractivity (Wildman–Crippen MR) is 128 cm³/mol. The van der Waals surface area contributed by atoms with Gasteiger partial charge in [0.15, 0.2) is 5.82 Å². The van der Waals surface area contributed by atoms with Gasteiger partial charge < -0.3 is 10.6 Å². The van der Waals surface area contributed by atoms with Crippen molar-refractivity contribution in [2.24, 2.45) is 0 Å². The van der Waals surface area contributed by atoms with Gasteiger partial charge in [-0.3, -0.25) is 9.59 Å². The summed E-state index contributed by atoms with van der Waals surface area (Å²) in [5.74, 6) is 0.399. The van der Waals surface area contributed by atoms with E-state index < -0.39 is 0 Å². The Balaban J connectivity index is 1.53. The molecule has 0 saturated carbocycles. The van der Waals surface area contributed by atoms with Crippen LogP contribution in [0.5, 0.6) is 0 Å². The number of hydrogen-bond acceptors (Lipinski definition) is 6. The molecule has 0 unspecified atom stereocenters. The fourth-order valence-electron chi connectivity index (χ4n) is 2.96. The summed E-state index contributed by atoms with van der Waals surface area (Å²) in [5.41, 5.74) is 2.20. The maximum atomic E-state index is 12.8. The molecule has 0 aliphatic carbocycles. The fourth-order valence-corrected chi connectivity index (χ4v) is 4.56. The molecule has 0 aliphatic rings. The molecular weight excluding hydrogens is 428 g/mol. The number of para-hydroxylation sites is 1. The molecular formula is C23H20N4O2S2. The van der Waals surface area contributed by atoms with E-state index in [0.717, 1.165) is 20.8 Å². The number of fused-ring (bicyclic) bond motifs is 1. The van der Waals surface area contributed by atoms with Crippen LogP contribution in [0.25, 0.3) is 21.6 Å². The molecule has 0 radical (unpaired) electrons. The standard InChI is InChI=1S/C23H20N4O2S2/c1-14(22(29)25-17-11-9-16(10-12-17)24-15(2)28)31-23-18-6-3-4-7-19(18)26-21(27-23)20-8-5-13-30-20/h3-14H,1-2H3,(H,24,28)(H,25,29)/t14-/m1/s1. The predicted octanol–water partition coefficient (Wildman–Crippen LogP) is 5.44. The number of aromatic nitrogens is 2. The normalized spacial score (nSPS) is 11.8. The minimum absolute atomic E-state index is 0.127. The molecule has 0 aliphatic heterocycles. The van der Waals surface area contributed by atoms with Gasteiger partial charge in [-0.25, -0.2) is 9.97 Å². The molecule has 0 saturated heterocycles. The number of hydrogen-bond donors (Lipinski definition) is 2. The van der Waals surface area contributed by atoms with Crippen LogP contribution in [0, 0.1) is 0 Å². The van der Waals surface area contributed by atoms with Crippen molar-refractivity contribution in [1.82, 2.24) is 9.97 Å². The number of nitrogens with one attached hydrogen (secondary N) is 2. The molecule has 2 N–H and O–H groups in total. The highest BCUT2D eigenvalue weighted by Gasteiger charge is 2.19. The van der Waals surface area contributed by atoms with Gasteiger partial charge in [0, 0.05) is 23.7 Å². The lowest BCUT2D eigenvalue weighted by molar-refractivity contribution is -0.115. The quantitative estimate of drug-likeness (QED) is 0.303. The second-order valence-electron chi connectivity index (χ2n) is 6.85.